The van der Waals surface area contributed by atoms with Crippen LogP contribution in [0.1, 0.15) is 35.5 Å². The van der Waals surface area contributed by atoms with E-state index in [1.54, 1.807) is 7.11 Å². The van der Waals surface area contributed by atoms with Crippen LogP contribution in [0.15, 0.2) is 24.4 Å². The van der Waals surface area contributed by atoms with Crippen molar-refractivity contribution >= 4 is 0 Å². The summed E-state index contributed by atoms with van der Waals surface area (Å²) in [4.78, 5) is 11.3. The molecule has 6 heteroatoms. The van der Waals surface area contributed by atoms with Crippen molar-refractivity contribution in [2.45, 2.75) is 38.3 Å². The SMILES string of the molecule is COc1ccc(CN2CCC3(CC2)OCCc2cnc(C)nc23)c(F)c1. The normalized spacial score (nSPS) is 19.3. The Kier molecular flexibility index (Phi) is 4.63. The Morgan fingerprint density at radius 3 is 2.85 bits per heavy atom. The van der Waals surface area contributed by atoms with E-state index in [0.717, 1.165) is 43.9 Å². The average molecular weight is 357 g/mol. The molecular weight excluding hydrogens is 333 g/mol. The van der Waals surface area contributed by atoms with Crippen LogP contribution in [0.2, 0.25) is 0 Å². The third-order valence-electron chi connectivity index (χ3n) is 5.48. The molecule has 0 unspecified atom stereocenters. The van der Waals surface area contributed by atoms with Crippen molar-refractivity contribution in [3.05, 3.63) is 52.9 Å². The number of benzene rings is 1. The standard InChI is InChI=1S/C20H24FN3O2/c1-14-22-12-15-5-10-26-20(19(15)23-14)6-8-24(9-7-20)13-16-3-4-17(25-2)11-18(16)21/h3-4,11-12H,5-10,13H2,1-2H3. The van der Waals surface area contributed by atoms with Gasteiger partial charge in [0.2, 0.25) is 0 Å². The van der Waals surface area contributed by atoms with E-state index in [1.807, 2.05) is 25.3 Å². The molecule has 4 rings (SSSR count). The van der Waals surface area contributed by atoms with Gasteiger partial charge in [-0.15, -0.1) is 0 Å². The van der Waals surface area contributed by atoms with Gasteiger partial charge in [0, 0.05) is 37.5 Å². The first-order chi connectivity index (χ1) is 12.6. The monoisotopic (exact) mass is 357 g/mol. The van der Waals surface area contributed by atoms with Crippen molar-refractivity contribution in [2.24, 2.45) is 0 Å². The maximum absolute atomic E-state index is 14.2. The summed E-state index contributed by atoms with van der Waals surface area (Å²) in [5.74, 6) is 1.12. The molecule has 1 aromatic heterocycles. The number of halogens is 1. The number of methoxy groups -OCH3 is 1. The van der Waals surface area contributed by atoms with Gasteiger partial charge in [0.15, 0.2) is 0 Å². The van der Waals surface area contributed by atoms with Crippen LogP contribution >= 0.6 is 0 Å². The van der Waals surface area contributed by atoms with E-state index >= 15 is 0 Å². The average Bonchev–Trinajstić information content (AvgIpc) is 2.66. The zero-order chi connectivity index (χ0) is 18.1. The van der Waals surface area contributed by atoms with Gasteiger partial charge in [-0.1, -0.05) is 6.07 Å². The largest absolute Gasteiger partial charge is 0.497 e. The molecule has 2 aliphatic heterocycles. The smallest absolute Gasteiger partial charge is 0.131 e. The van der Waals surface area contributed by atoms with Crippen LogP contribution in [0.25, 0.3) is 0 Å². The summed E-state index contributed by atoms with van der Waals surface area (Å²) in [5.41, 5.74) is 2.66. The first-order valence-corrected chi connectivity index (χ1v) is 9.11. The minimum Gasteiger partial charge on any atom is -0.497 e. The number of hydrogen-bond donors (Lipinski definition) is 0. The fourth-order valence-electron chi connectivity index (χ4n) is 3.97. The fourth-order valence-corrected chi connectivity index (χ4v) is 3.97. The van der Waals surface area contributed by atoms with Crippen molar-refractivity contribution in [3.63, 3.8) is 0 Å². The molecule has 1 aromatic carbocycles. The molecule has 26 heavy (non-hydrogen) atoms. The third kappa shape index (κ3) is 3.19. The van der Waals surface area contributed by atoms with Gasteiger partial charge in [-0.2, -0.15) is 0 Å². The number of aryl methyl sites for hydroxylation is 1. The Hall–Kier alpha value is -2.05. The minimum absolute atomic E-state index is 0.215. The molecule has 0 bridgehead atoms. The highest BCUT2D eigenvalue weighted by Gasteiger charge is 2.42. The quantitative estimate of drug-likeness (QED) is 0.845. The summed E-state index contributed by atoms with van der Waals surface area (Å²) in [5, 5.41) is 0. The predicted molar refractivity (Wildman–Crippen MR) is 95.6 cm³/mol. The van der Waals surface area contributed by atoms with Crippen LogP contribution in [0.4, 0.5) is 4.39 Å². The molecule has 1 spiro atoms. The lowest BCUT2D eigenvalue weighted by atomic mass is 9.83. The van der Waals surface area contributed by atoms with Gasteiger partial charge >= 0.3 is 0 Å². The van der Waals surface area contributed by atoms with E-state index < -0.39 is 0 Å². The van der Waals surface area contributed by atoms with Crippen molar-refractivity contribution in [1.29, 1.82) is 0 Å². The minimum atomic E-state index is -0.309. The highest BCUT2D eigenvalue weighted by atomic mass is 19.1. The number of piperidine rings is 1. The van der Waals surface area contributed by atoms with Crippen LogP contribution in [-0.4, -0.2) is 41.7 Å². The van der Waals surface area contributed by atoms with Crippen molar-refractivity contribution in [1.82, 2.24) is 14.9 Å². The van der Waals surface area contributed by atoms with Gasteiger partial charge < -0.3 is 9.47 Å². The van der Waals surface area contributed by atoms with Gasteiger partial charge in [0.25, 0.3) is 0 Å². The molecule has 0 amide bonds. The van der Waals surface area contributed by atoms with Crippen LogP contribution in [0.5, 0.6) is 5.75 Å². The zero-order valence-corrected chi connectivity index (χ0v) is 15.3. The number of ether oxygens (including phenoxy) is 2. The Balaban J connectivity index is 1.48. The number of aromatic nitrogens is 2. The van der Waals surface area contributed by atoms with Crippen molar-refractivity contribution in [2.75, 3.05) is 26.8 Å². The summed E-state index contributed by atoms with van der Waals surface area (Å²) in [6, 6.07) is 5.06. The van der Waals surface area contributed by atoms with Gasteiger partial charge in [0.1, 0.15) is 23.0 Å². The van der Waals surface area contributed by atoms with Gasteiger partial charge in [-0.25, -0.2) is 14.4 Å². The molecule has 0 atom stereocenters. The first-order valence-electron chi connectivity index (χ1n) is 9.11. The second-order valence-electron chi connectivity index (χ2n) is 7.12. The van der Waals surface area contributed by atoms with Crippen LogP contribution in [-0.2, 0) is 23.3 Å². The molecule has 2 aliphatic rings. The molecule has 1 fully saturated rings. The molecule has 1 saturated heterocycles. The van der Waals surface area contributed by atoms with Gasteiger partial charge in [0.05, 0.1) is 19.4 Å². The summed E-state index contributed by atoms with van der Waals surface area (Å²) >= 11 is 0. The molecule has 0 radical (unpaired) electrons. The van der Waals surface area contributed by atoms with E-state index in [-0.39, 0.29) is 11.4 Å². The summed E-state index contributed by atoms with van der Waals surface area (Å²) in [7, 11) is 1.55. The van der Waals surface area contributed by atoms with E-state index in [9.17, 15) is 4.39 Å². The second-order valence-corrected chi connectivity index (χ2v) is 7.12. The number of nitrogens with zero attached hydrogens (tertiary/aromatic N) is 3. The Morgan fingerprint density at radius 2 is 2.12 bits per heavy atom. The summed E-state index contributed by atoms with van der Waals surface area (Å²) < 4.78 is 25.5. The lowest BCUT2D eigenvalue weighted by Gasteiger charge is -2.44. The van der Waals surface area contributed by atoms with E-state index in [2.05, 4.69) is 9.88 Å². The molecule has 0 N–H and O–H groups in total. The fraction of sp³-hybridized carbons (Fsp3) is 0.500. The van der Waals surface area contributed by atoms with E-state index in [4.69, 9.17) is 14.5 Å². The lowest BCUT2D eigenvalue weighted by molar-refractivity contribution is -0.102. The van der Waals surface area contributed by atoms with E-state index in [1.165, 1.54) is 11.6 Å². The Bertz CT molecular complexity index is 804. The molecular formula is C20H24FN3O2. The summed E-state index contributed by atoms with van der Waals surface area (Å²) in [6.45, 7) is 4.94. The molecule has 0 aliphatic carbocycles. The molecule has 2 aromatic rings. The Labute approximate surface area is 153 Å². The molecule has 5 nitrogen and oxygen atoms in total. The number of fused-ring (bicyclic) bond motifs is 2. The van der Waals surface area contributed by atoms with Crippen LogP contribution < -0.4 is 4.74 Å². The van der Waals surface area contributed by atoms with Gasteiger partial charge in [-0.3, -0.25) is 4.90 Å². The van der Waals surface area contributed by atoms with E-state index in [0.29, 0.717) is 24.5 Å². The maximum atomic E-state index is 14.2. The topological polar surface area (TPSA) is 47.5 Å². The Morgan fingerprint density at radius 1 is 1.31 bits per heavy atom. The zero-order valence-electron chi connectivity index (χ0n) is 15.3. The first kappa shape index (κ1) is 17.4. The predicted octanol–water partition coefficient (Wildman–Crippen LogP) is 3.00. The third-order valence-corrected chi connectivity index (χ3v) is 5.48. The maximum Gasteiger partial charge on any atom is 0.131 e. The second kappa shape index (κ2) is 6.93. The lowest BCUT2D eigenvalue weighted by Crippen LogP contribution is -2.47. The highest BCUT2D eigenvalue weighted by molar-refractivity contribution is 5.30. The van der Waals surface area contributed by atoms with Crippen molar-refractivity contribution in [3.8, 4) is 5.75 Å². The number of likely N-dealkylation sites (tertiary alicyclic amines) is 1. The molecule has 138 valence electrons. The van der Waals surface area contributed by atoms with Crippen LogP contribution in [0, 0.1) is 12.7 Å². The molecule has 3 heterocycles. The number of hydrogen-bond acceptors (Lipinski definition) is 5. The highest BCUT2D eigenvalue weighted by Crippen LogP contribution is 2.40. The number of rotatable bonds is 3. The summed E-state index contributed by atoms with van der Waals surface area (Å²) in [6.07, 6.45) is 4.56. The van der Waals surface area contributed by atoms with Crippen molar-refractivity contribution < 1.29 is 13.9 Å². The van der Waals surface area contributed by atoms with Crippen LogP contribution in [0.3, 0.4) is 0 Å². The molecule has 0 saturated carbocycles. The van der Waals surface area contributed by atoms with Gasteiger partial charge in [-0.05, 0) is 37.8 Å².